The first kappa shape index (κ1) is 13.4. The minimum Gasteiger partial charge on any atom is -0.492 e. The fourth-order valence-corrected chi connectivity index (χ4v) is 2.91. The summed E-state index contributed by atoms with van der Waals surface area (Å²) in [4.78, 5) is 2.43. The standard InChI is InChI=1S/C15H21N3O2/c16-15(17)11-1-3-12(4-2-11)19-8-7-18-9-13-5-6-14(10-18)20-13/h1-4,13-14H,5-10H2,(H3,16,17). The van der Waals surface area contributed by atoms with E-state index in [9.17, 15) is 0 Å². The van der Waals surface area contributed by atoms with Gasteiger partial charge in [-0.2, -0.15) is 0 Å². The van der Waals surface area contributed by atoms with Gasteiger partial charge in [0.25, 0.3) is 0 Å². The zero-order valence-electron chi connectivity index (χ0n) is 11.5. The topological polar surface area (TPSA) is 71.6 Å². The Morgan fingerprint density at radius 1 is 1.25 bits per heavy atom. The number of ether oxygens (including phenoxy) is 2. The fourth-order valence-electron chi connectivity index (χ4n) is 2.91. The highest BCUT2D eigenvalue weighted by atomic mass is 16.5. The van der Waals surface area contributed by atoms with Gasteiger partial charge in [0.15, 0.2) is 0 Å². The highest BCUT2D eigenvalue weighted by molar-refractivity contribution is 5.94. The minimum absolute atomic E-state index is 0.0836. The molecule has 2 atom stereocenters. The summed E-state index contributed by atoms with van der Waals surface area (Å²) in [5.74, 6) is 0.909. The highest BCUT2D eigenvalue weighted by Crippen LogP contribution is 2.25. The Hall–Kier alpha value is -1.59. The second-order valence-corrected chi connectivity index (χ2v) is 5.50. The van der Waals surface area contributed by atoms with Crippen molar-refractivity contribution in [1.29, 1.82) is 5.41 Å². The van der Waals surface area contributed by atoms with Gasteiger partial charge in [-0.15, -0.1) is 0 Å². The third-order valence-electron chi connectivity index (χ3n) is 3.96. The van der Waals surface area contributed by atoms with Gasteiger partial charge in [-0.1, -0.05) is 0 Å². The van der Waals surface area contributed by atoms with Crippen molar-refractivity contribution in [2.75, 3.05) is 26.2 Å². The molecule has 1 aromatic rings. The zero-order chi connectivity index (χ0) is 13.9. The summed E-state index contributed by atoms with van der Waals surface area (Å²) in [5.41, 5.74) is 6.14. The van der Waals surface area contributed by atoms with Crippen molar-refractivity contribution < 1.29 is 9.47 Å². The van der Waals surface area contributed by atoms with E-state index in [0.717, 1.165) is 30.9 Å². The fraction of sp³-hybridized carbons (Fsp3) is 0.533. The van der Waals surface area contributed by atoms with Gasteiger partial charge in [0.1, 0.15) is 18.2 Å². The molecule has 2 aliphatic rings. The first-order valence-electron chi connectivity index (χ1n) is 7.16. The number of likely N-dealkylation sites (tertiary alicyclic amines) is 1. The van der Waals surface area contributed by atoms with Crippen molar-refractivity contribution in [3.05, 3.63) is 29.8 Å². The second-order valence-electron chi connectivity index (χ2n) is 5.50. The lowest BCUT2D eigenvalue weighted by Crippen LogP contribution is -2.44. The number of amidine groups is 1. The Bertz CT molecular complexity index is 463. The normalized spacial score (nSPS) is 25.6. The first-order chi connectivity index (χ1) is 9.70. The van der Waals surface area contributed by atoms with Crippen LogP contribution in [-0.4, -0.2) is 49.2 Å². The van der Waals surface area contributed by atoms with E-state index in [1.54, 1.807) is 0 Å². The summed E-state index contributed by atoms with van der Waals surface area (Å²) in [6.07, 6.45) is 3.27. The van der Waals surface area contributed by atoms with Gasteiger partial charge in [-0.05, 0) is 37.1 Å². The van der Waals surface area contributed by atoms with Gasteiger partial charge >= 0.3 is 0 Å². The lowest BCUT2D eigenvalue weighted by atomic mass is 10.2. The Kier molecular flexibility index (Phi) is 3.89. The molecule has 20 heavy (non-hydrogen) atoms. The summed E-state index contributed by atoms with van der Waals surface area (Å²) in [7, 11) is 0. The Morgan fingerprint density at radius 2 is 1.90 bits per heavy atom. The number of nitrogens with zero attached hydrogens (tertiary/aromatic N) is 1. The van der Waals surface area contributed by atoms with Gasteiger partial charge in [0.2, 0.25) is 0 Å². The number of nitrogen functional groups attached to an aromatic ring is 1. The summed E-state index contributed by atoms with van der Waals surface area (Å²) in [6.45, 7) is 3.68. The van der Waals surface area contributed by atoms with Crippen LogP contribution in [-0.2, 0) is 4.74 Å². The van der Waals surface area contributed by atoms with Gasteiger partial charge in [0, 0.05) is 25.2 Å². The molecule has 0 amide bonds. The smallest absolute Gasteiger partial charge is 0.122 e. The van der Waals surface area contributed by atoms with Gasteiger partial charge in [-0.25, -0.2) is 0 Å². The van der Waals surface area contributed by atoms with Crippen LogP contribution >= 0.6 is 0 Å². The molecular formula is C15H21N3O2. The largest absolute Gasteiger partial charge is 0.492 e. The Labute approximate surface area is 119 Å². The molecule has 2 fully saturated rings. The van der Waals surface area contributed by atoms with E-state index in [4.69, 9.17) is 20.6 Å². The molecule has 2 saturated heterocycles. The Balaban J connectivity index is 1.44. The van der Waals surface area contributed by atoms with Crippen molar-refractivity contribution in [2.45, 2.75) is 25.0 Å². The van der Waals surface area contributed by atoms with E-state index in [1.165, 1.54) is 12.8 Å². The third kappa shape index (κ3) is 3.11. The summed E-state index contributed by atoms with van der Waals surface area (Å²) >= 11 is 0. The molecule has 0 spiro atoms. The molecule has 2 aliphatic heterocycles. The van der Waals surface area contributed by atoms with Crippen molar-refractivity contribution in [3.63, 3.8) is 0 Å². The van der Waals surface area contributed by atoms with E-state index in [2.05, 4.69) is 4.90 Å². The number of fused-ring (bicyclic) bond motifs is 2. The molecule has 2 heterocycles. The number of benzene rings is 1. The van der Waals surface area contributed by atoms with E-state index < -0.39 is 0 Å². The zero-order valence-corrected chi connectivity index (χ0v) is 11.5. The van der Waals surface area contributed by atoms with Crippen LogP contribution < -0.4 is 10.5 Å². The van der Waals surface area contributed by atoms with Crippen molar-refractivity contribution in [1.82, 2.24) is 4.90 Å². The average molecular weight is 275 g/mol. The number of morpholine rings is 1. The van der Waals surface area contributed by atoms with Crippen molar-refractivity contribution in [3.8, 4) is 5.75 Å². The molecule has 5 nitrogen and oxygen atoms in total. The van der Waals surface area contributed by atoms with Crippen LogP contribution in [0.25, 0.3) is 0 Å². The van der Waals surface area contributed by atoms with Gasteiger partial charge < -0.3 is 15.2 Å². The van der Waals surface area contributed by atoms with E-state index in [0.29, 0.717) is 18.8 Å². The lowest BCUT2D eigenvalue weighted by molar-refractivity contribution is -0.0408. The quantitative estimate of drug-likeness (QED) is 0.626. The molecule has 0 aromatic heterocycles. The van der Waals surface area contributed by atoms with Crippen LogP contribution in [0.3, 0.4) is 0 Å². The number of nitrogens with one attached hydrogen (secondary N) is 1. The number of hydrogen-bond acceptors (Lipinski definition) is 4. The Morgan fingerprint density at radius 3 is 2.50 bits per heavy atom. The van der Waals surface area contributed by atoms with Crippen LogP contribution in [0.2, 0.25) is 0 Å². The SMILES string of the molecule is N=C(N)c1ccc(OCCN2CC3CCC(C2)O3)cc1. The molecule has 0 radical (unpaired) electrons. The van der Waals surface area contributed by atoms with Crippen LogP contribution in [0.5, 0.6) is 5.75 Å². The number of nitrogens with two attached hydrogens (primary N) is 1. The van der Waals surface area contributed by atoms with E-state index in [1.807, 2.05) is 24.3 Å². The molecule has 2 unspecified atom stereocenters. The van der Waals surface area contributed by atoms with Crippen LogP contribution in [0.1, 0.15) is 18.4 Å². The third-order valence-corrected chi connectivity index (χ3v) is 3.96. The van der Waals surface area contributed by atoms with Gasteiger partial charge in [-0.3, -0.25) is 10.3 Å². The summed E-state index contributed by atoms with van der Waals surface area (Å²) < 4.78 is 11.6. The van der Waals surface area contributed by atoms with Crippen LogP contribution in [0, 0.1) is 5.41 Å². The van der Waals surface area contributed by atoms with Crippen LogP contribution in [0.15, 0.2) is 24.3 Å². The summed E-state index contributed by atoms with van der Waals surface area (Å²) in [6, 6.07) is 7.35. The average Bonchev–Trinajstić information content (AvgIpc) is 2.78. The predicted molar refractivity (Wildman–Crippen MR) is 77.3 cm³/mol. The maximum absolute atomic E-state index is 7.34. The molecule has 0 aliphatic carbocycles. The molecule has 2 bridgehead atoms. The van der Waals surface area contributed by atoms with E-state index >= 15 is 0 Å². The minimum atomic E-state index is 0.0836. The maximum atomic E-state index is 7.34. The number of hydrogen-bond donors (Lipinski definition) is 2. The van der Waals surface area contributed by atoms with Gasteiger partial charge in [0.05, 0.1) is 12.2 Å². The highest BCUT2D eigenvalue weighted by Gasteiger charge is 2.33. The van der Waals surface area contributed by atoms with Crippen LogP contribution in [0.4, 0.5) is 0 Å². The predicted octanol–water partition coefficient (Wildman–Crippen LogP) is 1.21. The molecule has 108 valence electrons. The number of rotatable bonds is 5. The molecule has 0 saturated carbocycles. The first-order valence-corrected chi connectivity index (χ1v) is 7.16. The molecular weight excluding hydrogens is 254 g/mol. The molecule has 5 heteroatoms. The molecule has 1 aromatic carbocycles. The monoisotopic (exact) mass is 275 g/mol. The maximum Gasteiger partial charge on any atom is 0.122 e. The van der Waals surface area contributed by atoms with Crippen molar-refractivity contribution >= 4 is 5.84 Å². The molecule has 3 N–H and O–H groups in total. The molecule has 3 rings (SSSR count). The summed E-state index contributed by atoms with van der Waals surface area (Å²) in [5, 5.41) is 7.34. The van der Waals surface area contributed by atoms with Crippen molar-refractivity contribution in [2.24, 2.45) is 5.73 Å². The van der Waals surface area contributed by atoms with E-state index in [-0.39, 0.29) is 5.84 Å². The second kappa shape index (κ2) is 5.81. The lowest BCUT2D eigenvalue weighted by Gasteiger charge is -2.31.